The third-order valence-corrected chi connectivity index (χ3v) is 3.89. The summed E-state index contributed by atoms with van der Waals surface area (Å²) in [4.78, 5) is 12.7. The molecule has 0 radical (unpaired) electrons. The fourth-order valence-electron chi connectivity index (χ4n) is 2.00. The highest BCUT2D eigenvalue weighted by atomic mass is 32.1. The predicted octanol–water partition coefficient (Wildman–Crippen LogP) is 1.25. The molecular weight excluding hydrogens is 262 g/mol. The van der Waals surface area contributed by atoms with Crippen molar-refractivity contribution in [3.8, 4) is 11.8 Å². The van der Waals surface area contributed by atoms with Gasteiger partial charge in [0.25, 0.3) is 5.91 Å². The minimum absolute atomic E-state index is 0.0946. The van der Waals surface area contributed by atoms with Crippen LogP contribution in [0, 0.1) is 17.8 Å². The zero-order valence-electron chi connectivity index (χ0n) is 10.6. The van der Waals surface area contributed by atoms with Crippen molar-refractivity contribution in [2.75, 3.05) is 26.4 Å². The second kappa shape index (κ2) is 7.29. The Morgan fingerprint density at radius 1 is 1.63 bits per heavy atom. The van der Waals surface area contributed by atoms with Gasteiger partial charge in [-0.3, -0.25) is 4.79 Å². The third-order valence-electron chi connectivity index (χ3n) is 2.98. The molecule has 102 valence electrons. The van der Waals surface area contributed by atoms with Gasteiger partial charge in [-0.25, -0.2) is 0 Å². The molecule has 5 heteroatoms. The summed E-state index contributed by atoms with van der Waals surface area (Å²) < 4.78 is 5.38. The van der Waals surface area contributed by atoms with Crippen molar-refractivity contribution in [3.05, 3.63) is 21.9 Å². The first kappa shape index (κ1) is 14.1. The van der Waals surface area contributed by atoms with Crippen molar-refractivity contribution < 1.29 is 14.6 Å². The number of thiophene rings is 1. The molecule has 1 fully saturated rings. The molecule has 0 saturated carbocycles. The summed E-state index contributed by atoms with van der Waals surface area (Å²) in [5.41, 5.74) is 0.677. The van der Waals surface area contributed by atoms with E-state index >= 15 is 0 Å². The van der Waals surface area contributed by atoms with Crippen LogP contribution in [0.25, 0.3) is 0 Å². The van der Waals surface area contributed by atoms with Crippen LogP contribution < -0.4 is 5.32 Å². The Morgan fingerprint density at radius 3 is 3.26 bits per heavy atom. The van der Waals surface area contributed by atoms with Gasteiger partial charge in [-0.2, -0.15) is 0 Å². The van der Waals surface area contributed by atoms with Crippen LogP contribution in [0.15, 0.2) is 11.4 Å². The number of rotatable bonds is 3. The fraction of sp³-hybridized carbons (Fsp3) is 0.500. The molecule has 1 unspecified atom stereocenters. The molecule has 0 spiro atoms. The van der Waals surface area contributed by atoms with E-state index in [-0.39, 0.29) is 12.5 Å². The van der Waals surface area contributed by atoms with Gasteiger partial charge in [0, 0.05) is 18.7 Å². The van der Waals surface area contributed by atoms with E-state index in [4.69, 9.17) is 9.84 Å². The van der Waals surface area contributed by atoms with Crippen molar-refractivity contribution in [2.24, 2.45) is 5.92 Å². The van der Waals surface area contributed by atoms with E-state index in [2.05, 4.69) is 17.2 Å². The Labute approximate surface area is 116 Å². The molecule has 19 heavy (non-hydrogen) atoms. The van der Waals surface area contributed by atoms with Gasteiger partial charge in [-0.05, 0) is 30.2 Å². The maximum atomic E-state index is 12.1. The van der Waals surface area contributed by atoms with Crippen LogP contribution in [0.5, 0.6) is 0 Å². The Morgan fingerprint density at radius 2 is 2.53 bits per heavy atom. The molecule has 1 aromatic heterocycles. The van der Waals surface area contributed by atoms with Gasteiger partial charge in [-0.15, -0.1) is 11.3 Å². The molecule has 4 nitrogen and oxygen atoms in total. The Kier molecular flexibility index (Phi) is 5.40. The molecule has 1 aromatic rings. The second-order valence-electron chi connectivity index (χ2n) is 4.42. The van der Waals surface area contributed by atoms with Gasteiger partial charge in [0.05, 0.1) is 6.61 Å². The lowest BCUT2D eigenvalue weighted by molar-refractivity contribution is 0.0536. The molecule has 2 rings (SSSR count). The Balaban J connectivity index is 1.90. The highest BCUT2D eigenvalue weighted by Gasteiger charge is 2.17. The molecule has 1 saturated heterocycles. The normalized spacial score (nSPS) is 18.5. The van der Waals surface area contributed by atoms with Crippen molar-refractivity contribution in [2.45, 2.75) is 12.8 Å². The van der Waals surface area contributed by atoms with Crippen LogP contribution in [0.3, 0.4) is 0 Å². The average Bonchev–Trinajstić information content (AvgIpc) is 2.92. The summed E-state index contributed by atoms with van der Waals surface area (Å²) >= 11 is 1.37. The number of carbonyl (C=O) groups is 1. The molecule has 0 aromatic carbocycles. The van der Waals surface area contributed by atoms with Gasteiger partial charge in [0.2, 0.25) is 0 Å². The number of carbonyl (C=O) groups excluding carboxylic acids is 1. The predicted molar refractivity (Wildman–Crippen MR) is 74.2 cm³/mol. The maximum Gasteiger partial charge on any atom is 0.262 e. The van der Waals surface area contributed by atoms with Crippen LogP contribution in [-0.2, 0) is 4.74 Å². The number of ether oxygens (including phenoxy) is 1. The number of hydrogen-bond acceptors (Lipinski definition) is 4. The van der Waals surface area contributed by atoms with Crippen LogP contribution in [-0.4, -0.2) is 37.4 Å². The SMILES string of the molecule is O=C(NCC1CCCOC1)c1sccc1C#CCO. The molecule has 1 amide bonds. The van der Waals surface area contributed by atoms with E-state index in [1.165, 1.54) is 11.3 Å². The number of amides is 1. The monoisotopic (exact) mass is 279 g/mol. The van der Waals surface area contributed by atoms with Gasteiger partial charge < -0.3 is 15.2 Å². The zero-order valence-corrected chi connectivity index (χ0v) is 11.5. The van der Waals surface area contributed by atoms with E-state index in [1.807, 2.05) is 5.38 Å². The summed E-state index contributed by atoms with van der Waals surface area (Å²) in [6, 6.07) is 1.80. The summed E-state index contributed by atoms with van der Waals surface area (Å²) in [5, 5.41) is 13.4. The van der Waals surface area contributed by atoms with Gasteiger partial charge in [0.15, 0.2) is 0 Å². The molecule has 2 heterocycles. The second-order valence-corrected chi connectivity index (χ2v) is 5.33. The first-order chi connectivity index (χ1) is 9.31. The van der Waals surface area contributed by atoms with Crippen molar-refractivity contribution in [3.63, 3.8) is 0 Å². The van der Waals surface area contributed by atoms with Gasteiger partial charge in [0.1, 0.15) is 11.5 Å². The summed E-state index contributed by atoms with van der Waals surface area (Å²) in [5.74, 6) is 5.66. The molecule has 0 aliphatic carbocycles. The average molecular weight is 279 g/mol. The van der Waals surface area contributed by atoms with E-state index in [0.29, 0.717) is 22.9 Å². The maximum absolute atomic E-state index is 12.1. The zero-order chi connectivity index (χ0) is 13.5. The Bertz CT molecular complexity index is 480. The highest BCUT2D eigenvalue weighted by Crippen LogP contribution is 2.17. The lowest BCUT2D eigenvalue weighted by atomic mass is 10.0. The molecule has 1 atom stereocenters. The van der Waals surface area contributed by atoms with E-state index in [9.17, 15) is 4.79 Å². The number of aliphatic hydroxyl groups is 1. The van der Waals surface area contributed by atoms with Crippen LogP contribution >= 0.6 is 11.3 Å². The Hall–Kier alpha value is -1.35. The quantitative estimate of drug-likeness (QED) is 0.819. The summed E-state index contributed by atoms with van der Waals surface area (Å²) in [7, 11) is 0. The molecule has 0 bridgehead atoms. The first-order valence-electron chi connectivity index (χ1n) is 6.34. The standard InChI is InChI=1S/C14H17NO3S/c16-6-1-4-12-5-8-19-13(12)14(17)15-9-11-3-2-7-18-10-11/h5,8,11,16H,2-3,6-7,9-10H2,(H,15,17). The van der Waals surface area contributed by atoms with Gasteiger partial charge in [-0.1, -0.05) is 11.8 Å². The molecule has 1 aliphatic heterocycles. The van der Waals surface area contributed by atoms with E-state index in [0.717, 1.165) is 26.1 Å². The largest absolute Gasteiger partial charge is 0.384 e. The molecular formula is C14H17NO3S. The number of hydrogen-bond donors (Lipinski definition) is 2. The topological polar surface area (TPSA) is 58.6 Å². The molecule has 2 N–H and O–H groups in total. The smallest absolute Gasteiger partial charge is 0.262 e. The van der Waals surface area contributed by atoms with Crippen molar-refractivity contribution in [1.82, 2.24) is 5.32 Å². The minimum Gasteiger partial charge on any atom is -0.384 e. The van der Waals surface area contributed by atoms with E-state index < -0.39 is 0 Å². The lowest BCUT2D eigenvalue weighted by Gasteiger charge is -2.22. The van der Waals surface area contributed by atoms with Crippen molar-refractivity contribution in [1.29, 1.82) is 0 Å². The minimum atomic E-state index is -0.198. The summed E-state index contributed by atoms with van der Waals surface area (Å²) in [6.45, 7) is 2.00. The molecule has 1 aliphatic rings. The van der Waals surface area contributed by atoms with E-state index in [1.54, 1.807) is 6.07 Å². The van der Waals surface area contributed by atoms with Crippen molar-refractivity contribution >= 4 is 17.2 Å². The summed E-state index contributed by atoms with van der Waals surface area (Å²) in [6.07, 6.45) is 2.16. The van der Waals surface area contributed by atoms with Gasteiger partial charge >= 0.3 is 0 Å². The number of aliphatic hydroxyl groups excluding tert-OH is 1. The van der Waals surface area contributed by atoms with Crippen LogP contribution in [0.2, 0.25) is 0 Å². The van der Waals surface area contributed by atoms with Crippen LogP contribution in [0.1, 0.15) is 28.1 Å². The first-order valence-corrected chi connectivity index (χ1v) is 7.22. The third kappa shape index (κ3) is 4.06. The fourth-order valence-corrected chi connectivity index (χ4v) is 2.77. The van der Waals surface area contributed by atoms with Crippen LogP contribution in [0.4, 0.5) is 0 Å². The lowest BCUT2D eigenvalue weighted by Crippen LogP contribution is -2.33. The number of nitrogens with one attached hydrogen (secondary N) is 1. The highest BCUT2D eigenvalue weighted by molar-refractivity contribution is 7.12.